The summed E-state index contributed by atoms with van der Waals surface area (Å²) in [5.74, 6) is -1.79. The van der Waals surface area contributed by atoms with Crippen LogP contribution in [0.15, 0.2) is 65.6 Å². The molecule has 1 heterocycles. The number of hydrogen-bond acceptors (Lipinski definition) is 4. The predicted octanol–water partition coefficient (Wildman–Crippen LogP) is 1.34. The van der Waals surface area contributed by atoms with Crippen LogP contribution in [0.3, 0.4) is 0 Å². The van der Waals surface area contributed by atoms with Gasteiger partial charge in [-0.05, 0) is 11.6 Å². The second-order valence-electron chi connectivity index (χ2n) is 5.44. The van der Waals surface area contributed by atoms with Crippen LogP contribution >= 0.6 is 0 Å². The first-order valence-electron chi connectivity index (χ1n) is 7.58. The molecule has 0 saturated carbocycles. The lowest BCUT2D eigenvalue weighted by Gasteiger charge is -2.15. The van der Waals surface area contributed by atoms with Crippen LogP contribution in [-0.2, 0) is 16.1 Å². The maximum atomic E-state index is 12.4. The van der Waals surface area contributed by atoms with E-state index in [1.807, 2.05) is 0 Å². The number of nitrogens with zero attached hydrogens (tertiary/aromatic N) is 2. The molecule has 25 heavy (non-hydrogen) atoms. The van der Waals surface area contributed by atoms with Crippen LogP contribution in [-0.4, -0.2) is 26.8 Å². The van der Waals surface area contributed by atoms with Crippen LogP contribution in [0.25, 0.3) is 10.8 Å². The van der Waals surface area contributed by atoms with Crippen molar-refractivity contribution in [2.75, 3.05) is 0 Å². The van der Waals surface area contributed by atoms with Crippen molar-refractivity contribution in [3.05, 3.63) is 76.7 Å². The summed E-state index contributed by atoms with van der Waals surface area (Å²) in [6.45, 7) is -0.361. The number of carbonyl (C=O) groups is 2. The van der Waals surface area contributed by atoms with Gasteiger partial charge in [0.15, 0.2) is 6.04 Å². The van der Waals surface area contributed by atoms with Crippen LogP contribution in [0.5, 0.6) is 0 Å². The maximum absolute atomic E-state index is 12.4. The van der Waals surface area contributed by atoms with Gasteiger partial charge in [-0.2, -0.15) is 5.10 Å². The van der Waals surface area contributed by atoms with Gasteiger partial charge in [0.25, 0.3) is 5.56 Å². The monoisotopic (exact) mass is 337 g/mol. The molecule has 0 saturated heterocycles. The van der Waals surface area contributed by atoms with Crippen molar-refractivity contribution in [3.63, 3.8) is 0 Å². The largest absolute Gasteiger partial charge is 0.479 e. The Hall–Kier alpha value is -3.48. The molecular formula is C18H15N3O4. The molecule has 2 N–H and O–H groups in total. The molecule has 0 spiro atoms. The molecule has 2 aromatic carbocycles. The van der Waals surface area contributed by atoms with E-state index in [1.54, 1.807) is 54.6 Å². The number of nitrogens with one attached hydrogen (secondary N) is 1. The second kappa shape index (κ2) is 6.96. The Bertz CT molecular complexity index is 982. The van der Waals surface area contributed by atoms with E-state index in [2.05, 4.69) is 10.4 Å². The number of amides is 1. The Morgan fingerprint density at radius 3 is 2.48 bits per heavy atom. The first-order chi connectivity index (χ1) is 12.1. The van der Waals surface area contributed by atoms with Gasteiger partial charge in [-0.1, -0.05) is 48.5 Å². The third kappa shape index (κ3) is 3.55. The molecule has 0 aliphatic carbocycles. The molecule has 126 valence electrons. The number of rotatable bonds is 5. The van der Waals surface area contributed by atoms with Gasteiger partial charge < -0.3 is 10.4 Å². The lowest BCUT2D eigenvalue weighted by molar-refractivity contribution is -0.142. The van der Waals surface area contributed by atoms with Crippen molar-refractivity contribution in [1.82, 2.24) is 15.1 Å². The zero-order valence-electron chi connectivity index (χ0n) is 13.1. The van der Waals surface area contributed by atoms with Crippen LogP contribution in [0.1, 0.15) is 11.6 Å². The predicted molar refractivity (Wildman–Crippen MR) is 91.0 cm³/mol. The fraction of sp³-hybridized carbons (Fsp3) is 0.111. The lowest BCUT2D eigenvalue weighted by atomic mass is 10.1. The number of aliphatic carboxylic acids is 1. The van der Waals surface area contributed by atoms with E-state index in [4.69, 9.17) is 0 Å². The fourth-order valence-electron chi connectivity index (χ4n) is 2.52. The first kappa shape index (κ1) is 16.4. The molecule has 1 amide bonds. The van der Waals surface area contributed by atoms with E-state index in [0.29, 0.717) is 16.3 Å². The third-order valence-corrected chi connectivity index (χ3v) is 3.74. The summed E-state index contributed by atoms with van der Waals surface area (Å²) in [7, 11) is 0. The number of aromatic nitrogens is 2. The lowest BCUT2D eigenvalue weighted by Crippen LogP contribution is -2.38. The van der Waals surface area contributed by atoms with E-state index >= 15 is 0 Å². The fourth-order valence-corrected chi connectivity index (χ4v) is 2.52. The van der Waals surface area contributed by atoms with E-state index in [-0.39, 0.29) is 6.54 Å². The summed E-state index contributed by atoms with van der Waals surface area (Å²) in [6, 6.07) is 14.1. The van der Waals surface area contributed by atoms with Gasteiger partial charge in [0.2, 0.25) is 5.91 Å². The third-order valence-electron chi connectivity index (χ3n) is 3.74. The molecule has 3 aromatic rings. The molecule has 0 radical (unpaired) electrons. The van der Waals surface area contributed by atoms with Gasteiger partial charge in [0.1, 0.15) is 6.54 Å². The van der Waals surface area contributed by atoms with Crippen molar-refractivity contribution in [3.8, 4) is 0 Å². The van der Waals surface area contributed by atoms with E-state index in [1.165, 1.54) is 6.20 Å². The Kier molecular flexibility index (Phi) is 4.56. The smallest absolute Gasteiger partial charge is 0.330 e. The second-order valence-corrected chi connectivity index (χ2v) is 5.44. The van der Waals surface area contributed by atoms with Crippen LogP contribution in [0.2, 0.25) is 0 Å². The van der Waals surface area contributed by atoms with Gasteiger partial charge in [-0.3, -0.25) is 9.59 Å². The molecule has 1 unspecified atom stereocenters. The quantitative estimate of drug-likeness (QED) is 0.731. The van der Waals surface area contributed by atoms with E-state index < -0.39 is 23.5 Å². The summed E-state index contributed by atoms with van der Waals surface area (Å²) in [5.41, 5.74) is 0.0435. The summed E-state index contributed by atoms with van der Waals surface area (Å²) < 4.78 is 1.02. The Balaban J connectivity index is 1.81. The zero-order valence-corrected chi connectivity index (χ0v) is 13.1. The van der Waals surface area contributed by atoms with Crippen molar-refractivity contribution in [1.29, 1.82) is 0 Å². The molecule has 7 nitrogen and oxygen atoms in total. The average Bonchev–Trinajstić information content (AvgIpc) is 2.63. The number of hydrogen-bond donors (Lipinski definition) is 2. The highest BCUT2D eigenvalue weighted by atomic mass is 16.4. The molecule has 1 atom stereocenters. The molecule has 3 rings (SSSR count). The van der Waals surface area contributed by atoms with Crippen LogP contribution in [0.4, 0.5) is 0 Å². The number of fused-ring (bicyclic) bond motifs is 1. The van der Waals surface area contributed by atoms with Gasteiger partial charge in [-0.15, -0.1) is 0 Å². The van der Waals surface area contributed by atoms with Gasteiger partial charge >= 0.3 is 5.97 Å². The van der Waals surface area contributed by atoms with Crippen LogP contribution in [0, 0.1) is 0 Å². The standard InChI is InChI=1S/C18H15N3O4/c22-15(20-16(18(24)25)12-6-2-1-3-7-12)11-21-17(23)14-9-5-4-8-13(14)10-19-21/h1-10,16H,11H2,(H,20,22)(H,24,25). The topological polar surface area (TPSA) is 101 Å². The van der Waals surface area contributed by atoms with Gasteiger partial charge in [0, 0.05) is 5.39 Å². The highest BCUT2D eigenvalue weighted by molar-refractivity contribution is 5.85. The minimum absolute atomic E-state index is 0.361. The molecule has 1 aromatic heterocycles. The Morgan fingerprint density at radius 2 is 1.76 bits per heavy atom. The van der Waals surface area contributed by atoms with E-state index in [0.717, 1.165) is 4.68 Å². The van der Waals surface area contributed by atoms with Gasteiger partial charge in [0.05, 0.1) is 11.6 Å². The maximum Gasteiger partial charge on any atom is 0.330 e. The highest BCUT2D eigenvalue weighted by Crippen LogP contribution is 2.12. The molecule has 0 aliphatic rings. The molecular weight excluding hydrogens is 322 g/mol. The van der Waals surface area contributed by atoms with Crippen molar-refractivity contribution >= 4 is 22.6 Å². The van der Waals surface area contributed by atoms with Gasteiger partial charge in [-0.25, -0.2) is 9.48 Å². The summed E-state index contributed by atoms with van der Waals surface area (Å²) in [5, 5.41) is 16.8. The number of carboxylic acids is 1. The number of carbonyl (C=O) groups excluding carboxylic acids is 1. The van der Waals surface area contributed by atoms with E-state index in [9.17, 15) is 19.5 Å². The van der Waals surface area contributed by atoms with Crippen LogP contribution < -0.4 is 10.9 Å². The zero-order chi connectivity index (χ0) is 17.8. The minimum Gasteiger partial charge on any atom is -0.479 e. The van der Waals surface area contributed by atoms with Crippen molar-refractivity contribution in [2.45, 2.75) is 12.6 Å². The SMILES string of the molecule is O=C(Cn1ncc2ccccc2c1=O)NC(C(=O)O)c1ccccc1. The molecule has 0 bridgehead atoms. The molecule has 0 fully saturated rings. The number of carboxylic acid groups (broad SMARTS) is 1. The average molecular weight is 337 g/mol. The van der Waals surface area contributed by atoms with Crippen molar-refractivity contribution < 1.29 is 14.7 Å². The molecule has 0 aliphatic heterocycles. The summed E-state index contributed by atoms with van der Waals surface area (Å²) in [6.07, 6.45) is 1.50. The summed E-state index contributed by atoms with van der Waals surface area (Å²) in [4.78, 5) is 36.0. The Labute approximate surface area is 142 Å². The highest BCUT2D eigenvalue weighted by Gasteiger charge is 2.22. The molecule has 7 heteroatoms. The summed E-state index contributed by atoms with van der Waals surface area (Å²) >= 11 is 0. The number of benzene rings is 2. The normalized spacial score (nSPS) is 11.8. The first-order valence-corrected chi connectivity index (χ1v) is 7.58. The van der Waals surface area contributed by atoms with Crippen molar-refractivity contribution in [2.24, 2.45) is 0 Å². The Morgan fingerprint density at radius 1 is 1.08 bits per heavy atom. The minimum atomic E-state index is -1.19.